The highest BCUT2D eigenvalue weighted by molar-refractivity contribution is 7.91. The van der Waals surface area contributed by atoms with Crippen molar-refractivity contribution < 1.29 is 13.2 Å². The smallest absolute Gasteiger partial charge is 0.226 e. The molecule has 1 amide bonds. The second kappa shape index (κ2) is 5.79. The molecule has 1 atom stereocenters. The molecule has 2 rings (SSSR count). The third kappa shape index (κ3) is 3.48. The Morgan fingerprint density at radius 1 is 1.37 bits per heavy atom. The highest BCUT2D eigenvalue weighted by Crippen LogP contribution is 2.33. The van der Waals surface area contributed by atoms with Crippen LogP contribution < -0.4 is 10.6 Å². The van der Waals surface area contributed by atoms with E-state index in [0.717, 1.165) is 38.8 Å². The van der Waals surface area contributed by atoms with E-state index >= 15 is 0 Å². The summed E-state index contributed by atoms with van der Waals surface area (Å²) in [6.45, 7) is 3.77. The minimum atomic E-state index is -2.96. The monoisotopic (exact) mass is 288 g/mol. The quantitative estimate of drug-likeness (QED) is 0.791. The van der Waals surface area contributed by atoms with Crippen molar-refractivity contribution in [1.29, 1.82) is 0 Å². The fourth-order valence-corrected chi connectivity index (χ4v) is 4.76. The van der Waals surface area contributed by atoms with E-state index < -0.39 is 9.84 Å². The van der Waals surface area contributed by atoms with Gasteiger partial charge >= 0.3 is 0 Å². The minimum Gasteiger partial charge on any atom is -0.352 e. The number of sulfone groups is 1. The van der Waals surface area contributed by atoms with Crippen molar-refractivity contribution in [1.82, 2.24) is 10.6 Å². The predicted molar refractivity (Wildman–Crippen MR) is 74.6 cm³/mol. The van der Waals surface area contributed by atoms with Gasteiger partial charge in [0.2, 0.25) is 5.91 Å². The van der Waals surface area contributed by atoms with Crippen molar-refractivity contribution in [3.8, 4) is 0 Å². The molecule has 0 aromatic rings. The number of piperidine rings is 1. The number of carbonyl (C=O) groups is 1. The summed E-state index contributed by atoms with van der Waals surface area (Å²) in [5, 5.41) is 6.26. The topological polar surface area (TPSA) is 75.3 Å². The van der Waals surface area contributed by atoms with Crippen LogP contribution in [-0.2, 0) is 14.6 Å². The molecular formula is C13H24N2O3S. The molecule has 6 heteroatoms. The molecule has 0 bridgehead atoms. The zero-order valence-electron chi connectivity index (χ0n) is 11.6. The summed E-state index contributed by atoms with van der Waals surface area (Å²) in [6.07, 6.45) is 3.95. The lowest BCUT2D eigenvalue weighted by molar-refractivity contribution is -0.133. The lowest BCUT2D eigenvalue weighted by Gasteiger charge is -2.37. The summed E-state index contributed by atoms with van der Waals surface area (Å²) >= 11 is 0. The third-order valence-corrected chi connectivity index (χ3v) is 6.34. The van der Waals surface area contributed by atoms with Gasteiger partial charge < -0.3 is 10.6 Å². The summed E-state index contributed by atoms with van der Waals surface area (Å²) < 4.78 is 23.2. The molecule has 2 N–H and O–H groups in total. The summed E-state index contributed by atoms with van der Waals surface area (Å²) in [6, 6.07) is -0.190. The van der Waals surface area contributed by atoms with Gasteiger partial charge in [-0.2, -0.15) is 0 Å². The van der Waals surface area contributed by atoms with Crippen molar-refractivity contribution in [2.24, 2.45) is 5.41 Å². The van der Waals surface area contributed by atoms with E-state index in [-0.39, 0.29) is 28.9 Å². The van der Waals surface area contributed by atoms with Gasteiger partial charge in [0.25, 0.3) is 0 Å². The first-order chi connectivity index (χ1) is 8.97. The van der Waals surface area contributed by atoms with Crippen molar-refractivity contribution in [2.45, 2.75) is 45.1 Å². The standard InChI is InChI=1S/C13H24N2O3S/c1-2-13(5-7-14-8-6-13)12(16)15-11-4-3-9-19(17,18)10-11/h11,14H,2-10H2,1H3,(H,15,16). The number of hydrogen-bond donors (Lipinski definition) is 2. The van der Waals surface area contributed by atoms with Crippen LogP contribution >= 0.6 is 0 Å². The molecule has 0 radical (unpaired) electrons. The molecule has 2 aliphatic heterocycles. The Hall–Kier alpha value is -0.620. The zero-order chi connectivity index (χ0) is 13.9. The van der Waals surface area contributed by atoms with E-state index in [0.29, 0.717) is 6.42 Å². The maximum Gasteiger partial charge on any atom is 0.226 e. The molecule has 2 fully saturated rings. The molecule has 0 saturated carbocycles. The normalized spacial score (nSPS) is 29.6. The van der Waals surface area contributed by atoms with Crippen molar-refractivity contribution in [3.05, 3.63) is 0 Å². The van der Waals surface area contributed by atoms with Gasteiger partial charge in [-0.05, 0) is 45.2 Å². The predicted octanol–water partition coefficient (Wildman–Crippen LogP) is 0.460. The van der Waals surface area contributed by atoms with Gasteiger partial charge in [0, 0.05) is 6.04 Å². The Morgan fingerprint density at radius 3 is 2.63 bits per heavy atom. The summed E-state index contributed by atoms with van der Waals surface area (Å²) in [4.78, 5) is 12.5. The van der Waals surface area contributed by atoms with E-state index in [1.54, 1.807) is 0 Å². The fourth-order valence-electron chi connectivity index (χ4n) is 3.12. The molecular weight excluding hydrogens is 264 g/mol. The third-order valence-electron chi connectivity index (χ3n) is 4.52. The van der Waals surface area contributed by atoms with Gasteiger partial charge in [-0.15, -0.1) is 0 Å². The lowest BCUT2D eigenvalue weighted by atomic mass is 9.75. The van der Waals surface area contributed by atoms with Crippen LogP contribution in [0.5, 0.6) is 0 Å². The highest BCUT2D eigenvalue weighted by Gasteiger charge is 2.39. The summed E-state index contributed by atoms with van der Waals surface area (Å²) in [5.41, 5.74) is -0.299. The molecule has 5 nitrogen and oxygen atoms in total. The number of nitrogens with one attached hydrogen (secondary N) is 2. The fraction of sp³-hybridized carbons (Fsp3) is 0.923. The molecule has 110 valence electrons. The highest BCUT2D eigenvalue weighted by atomic mass is 32.2. The number of hydrogen-bond acceptors (Lipinski definition) is 4. The Kier molecular flexibility index (Phi) is 4.50. The Labute approximate surface area is 115 Å². The van der Waals surface area contributed by atoms with Gasteiger partial charge in [0.15, 0.2) is 9.84 Å². The Morgan fingerprint density at radius 2 is 2.05 bits per heavy atom. The Bertz CT molecular complexity index is 427. The SMILES string of the molecule is CCC1(C(=O)NC2CCCS(=O)(=O)C2)CCNCC1. The molecule has 0 aromatic heterocycles. The minimum absolute atomic E-state index is 0.0543. The summed E-state index contributed by atoms with van der Waals surface area (Å²) in [5.74, 6) is 0.428. The van der Waals surface area contributed by atoms with Gasteiger partial charge in [0.1, 0.15) is 0 Å². The second-order valence-electron chi connectivity index (χ2n) is 5.81. The van der Waals surface area contributed by atoms with Crippen LogP contribution in [0.15, 0.2) is 0 Å². The van der Waals surface area contributed by atoms with E-state index in [9.17, 15) is 13.2 Å². The van der Waals surface area contributed by atoms with Crippen molar-refractivity contribution in [3.63, 3.8) is 0 Å². The Balaban J connectivity index is 1.99. The van der Waals surface area contributed by atoms with Gasteiger partial charge in [0.05, 0.1) is 16.9 Å². The van der Waals surface area contributed by atoms with Crippen LogP contribution in [0.4, 0.5) is 0 Å². The van der Waals surface area contributed by atoms with Crippen LogP contribution in [0.3, 0.4) is 0 Å². The van der Waals surface area contributed by atoms with Gasteiger partial charge in [-0.25, -0.2) is 8.42 Å². The van der Waals surface area contributed by atoms with Crippen molar-refractivity contribution in [2.75, 3.05) is 24.6 Å². The first kappa shape index (κ1) is 14.8. The molecule has 1 unspecified atom stereocenters. The number of carbonyl (C=O) groups excluding carboxylic acids is 1. The molecule has 0 spiro atoms. The second-order valence-corrected chi connectivity index (χ2v) is 8.04. The maximum absolute atomic E-state index is 12.5. The average Bonchev–Trinajstić information content (AvgIpc) is 2.38. The maximum atomic E-state index is 12.5. The first-order valence-electron chi connectivity index (χ1n) is 7.19. The van der Waals surface area contributed by atoms with Crippen LogP contribution in [0.25, 0.3) is 0 Å². The van der Waals surface area contributed by atoms with Crippen LogP contribution in [0.1, 0.15) is 39.0 Å². The molecule has 19 heavy (non-hydrogen) atoms. The average molecular weight is 288 g/mol. The number of amides is 1. The molecule has 0 aliphatic carbocycles. The molecule has 2 saturated heterocycles. The molecule has 2 aliphatic rings. The van der Waals surface area contributed by atoms with E-state index in [1.807, 2.05) is 6.92 Å². The van der Waals surface area contributed by atoms with Crippen LogP contribution in [-0.4, -0.2) is 45.0 Å². The number of rotatable bonds is 3. The molecule has 0 aromatic carbocycles. The van der Waals surface area contributed by atoms with Crippen LogP contribution in [0.2, 0.25) is 0 Å². The van der Waals surface area contributed by atoms with E-state index in [2.05, 4.69) is 10.6 Å². The lowest BCUT2D eigenvalue weighted by Crippen LogP contribution is -2.52. The van der Waals surface area contributed by atoms with Gasteiger partial charge in [-0.1, -0.05) is 6.92 Å². The summed E-state index contributed by atoms with van der Waals surface area (Å²) in [7, 11) is -2.96. The van der Waals surface area contributed by atoms with Crippen LogP contribution in [0, 0.1) is 5.41 Å². The molecule has 2 heterocycles. The van der Waals surface area contributed by atoms with Gasteiger partial charge in [-0.3, -0.25) is 4.79 Å². The zero-order valence-corrected chi connectivity index (χ0v) is 12.4. The first-order valence-corrected chi connectivity index (χ1v) is 9.02. The largest absolute Gasteiger partial charge is 0.352 e. The van der Waals surface area contributed by atoms with E-state index in [1.165, 1.54) is 0 Å². The van der Waals surface area contributed by atoms with E-state index in [4.69, 9.17) is 0 Å². The van der Waals surface area contributed by atoms with Crippen molar-refractivity contribution >= 4 is 15.7 Å².